The van der Waals surface area contributed by atoms with Crippen molar-refractivity contribution in [1.82, 2.24) is 10.3 Å². The molecule has 0 bridgehead atoms. The average molecular weight is 206 g/mol. The maximum Gasteiger partial charge on any atom is 0.0404 e. The van der Waals surface area contributed by atoms with E-state index in [0.717, 1.165) is 6.42 Å². The third-order valence-corrected chi connectivity index (χ3v) is 2.79. The van der Waals surface area contributed by atoms with E-state index < -0.39 is 0 Å². The van der Waals surface area contributed by atoms with E-state index in [4.69, 9.17) is 0 Å². The molecule has 0 spiro atoms. The summed E-state index contributed by atoms with van der Waals surface area (Å²) >= 11 is 0. The van der Waals surface area contributed by atoms with Crippen LogP contribution in [0.15, 0.2) is 24.4 Å². The number of nitrogens with one attached hydrogen (secondary N) is 1. The Hall–Kier alpha value is -0.890. The van der Waals surface area contributed by atoms with Crippen LogP contribution in [0.25, 0.3) is 0 Å². The van der Waals surface area contributed by atoms with Crippen LogP contribution in [0.2, 0.25) is 0 Å². The van der Waals surface area contributed by atoms with E-state index in [9.17, 15) is 0 Å². The van der Waals surface area contributed by atoms with Gasteiger partial charge in [-0.3, -0.25) is 4.98 Å². The number of aromatic nitrogens is 1. The van der Waals surface area contributed by atoms with Gasteiger partial charge in [0, 0.05) is 17.9 Å². The Morgan fingerprint density at radius 1 is 1.33 bits per heavy atom. The SMILES string of the molecule is CCCCC(CCc1ccccn1)NC. The predicted octanol–water partition coefficient (Wildman–Crippen LogP) is 2.79. The van der Waals surface area contributed by atoms with Gasteiger partial charge in [0.1, 0.15) is 0 Å². The van der Waals surface area contributed by atoms with Crippen LogP contribution in [-0.4, -0.2) is 18.1 Å². The summed E-state index contributed by atoms with van der Waals surface area (Å²) in [6.45, 7) is 2.24. The van der Waals surface area contributed by atoms with Crippen LogP contribution in [0.3, 0.4) is 0 Å². The first-order valence-electron chi connectivity index (χ1n) is 5.94. The standard InChI is InChI=1S/C13H22N2/c1-3-4-7-12(14-2)9-10-13-8-5-6-11-15-13/h5-6,8,11-12,14H,3-4,7,9-10H2,1-2H3. The van der Waals surface area contributed by atoms with Gasteiger partial charge in [-0.1, -0.05) is 25.8 Å². The lowest BCUT2D eigenvalue weighted by Gasteiger charge is -2.15. The Bertz CT molecular complexity index is 246. The Morgan fingerprint density at radius 2 is 2.20 bits per heavy atom. The first-order chi connectivity index (χ1) is 7.36. The third-order valence-electron chi connectivity index (χ3n) is 2.79. The normalized spacial score (nSPS) is 12.7. The van der Waals surface area contributed by atoms with Gasteiger partial charge in [-0.15, -0.1) is 0 Å². The number of hydrogen-bond donors (Lipinski definition) is 1. The van der Waals surface area contributed by atoms with Gasteiger partial charge in [-0.05, 0) is 38.4 Å². The van der Waals surface area contributed by atoms with E-state index >= 15 is 0 Å². The zero-order chi connectivity index (χ0) is 10.9. The van der Waals surface area contributed by atoms with Crippen molar-refractivity contribution >= 4 is 0 Å². The summed E-state index contributed by atoms with van der Waals surface area (Å²) in [4.78, 5) is 4.34. The van der Waals surface area contributed by atoms with E-state index in [1.807, 2.05) is 12.3 Å². The number of pyridine rings is 1. The molecule has 1 aromatic heterocycles. The molecule has 1 atom stereocenters. The van der Waals surface area contributed by atoms with E-state index in [1.165, 1.54) is 31.4 Å². The lowest BCUT2D eigenvalue weighted by atomic mass is 10.0. The van der Waals surface area contributed by atoms with Gasteiger partial charge in [0.05, 0.1) is 0 Å². The van der Waals surface area contributed by atoms with Crippen molar-refractivity contribution in [3.8, 4) is 0 Å². The monoisotopic (exact) mass is 206 g/mol. The molecule has 0 aromatic carbocycles. The molecule has 0 saturated carbocycles. The maximum absolute atomic E-state index is 4.34. The molecule has 2 heteroatoms. The molecule has 1 unspecified atom stereocenters. The molecule has 0 aliphatic carbocycles. The molecule has 15 heavy (non-hydrogen) atoms. The summed E-state index contributed by atoms with van der Waals surface area (Å²) in [6, 6.07) is 6.78. The minimum Gasteiger partial charge on any atom is -0.317 e. The number of rotatable bonds is 7. The van der Waals surface area contributed by atoms with Crippen LogP contribution in [-0.2, 0) is 6.42 Å². The fourth-order valence-electron chi connectivity index (χ4n) is 1.75. The zero-order valence-electron chi connectivity index (χ0n) is 9.87. The average Bonchev–Trinajstić information content (AvgIpc) is 2.31. The van der Waals surface area contributed by atoms with Gasteiger partial charge < -0.3 is 5.32 Å². The molecule has 0 radical (unpaired) electrons. The van der Waals surface area contributed by atoms with Crippen LogP contribution in [0.5, 0.6) is 0 Å². The minimum atomic E-state index is 0.645. The highest BCUT2D eigenvalue weighted by Crippen LogP contribution is 2.07. The van der Waals surface area contributed by atoms with Crippen molar-refractivity contribution in [3.63, 3.8) is 0 Å². The second kappa shape index (κ2) is 7.41. The van der Waals surface area contributed by atoms with E-state index in [-0.39, 0.29) is 0 Å². The first kappa shape index (κ1) is 12.2. The van der Waals surface area contributed by atoms with Crippen molar-refractivity contribution in [2.24, 2.45) is 0 Å². The van der Waals surface area contributed by atoms with Gasteiger partial charge >= 0.3 is 0 Å². The van der Waals surface area contributed by atoms with Crippen molar-refractivity contribution in [2.45, 2.75) is 45.1 Å². The Balaban J connectivity index is 2.28. The summed E-state index contributed by atoms with van der Waals surface area (Å²) in [6.07, 6.45) is 8.01. The second-order valence-electron chi connectivity index (χ2n) is 3.99. The minimum absolute atomic E-state index is 0.645. The molecule has 1 aromatic rings. The highest BCUT2D eigenvalue weighted by molar-refractivity contribution is 5.03. The van der Waals surface area contributed by atoms with Crippen LogP contribution in [0.4, 0.5) is 0 Å². The lowest BCUT2D eigenvalue weighted by molar-refractivity contribution is 0.470. The summed E-state index contributed by atoms with van der Waals surface area (Å²) < 4.78 is 0. The van der Waals surface area contributed by atoms with Crippen molar-refractivity contribution in [2.75, 3.05) is 7.05 Å². The van der Waals surface area contributed by atoms with Gasteiger partial charge in [0.2, 0.25) is 0 Å². The topological polar surface area (TPSA) is 24.9 Å². The molecule has 0 saturated heterocycles. The lowest BCUT2D eigenvalue weighted by Crippen LogP contribution is -2.25. The zero-order valence-corrected chi connectivity index (χ0v) is 9.87. The fourth-order valence-corrected chi connectivity index (χ4v) is 1.75. The number of aryl methyl sites for hydroxylation is 1. The molecule has 1 heterocycles. The van der Waals surface area contributed by atoms with E-state index in [0.29, 0.717) is 6.04 Å². The van der Waals surface area contributed by atoms with Gasteiger partial charge in [-0.2, -0.15) is 0 Å². The Labute approximate surface area is 93.1 Å². The van der Waals surface area contributed by atoms with Gasteiger partial charge in [0.15, 0.2) is 0 Å². The number of hydrogen-bond acceptors (Lipinski definition) is 2. The summed E-state index contributed by atoms with van der Waals surface area (Å²) in [5, 5.41) is 3.38. The van der Waals surface area contributed by atoms with E-state index in [1.54, 1.807) is 0 Å². The molecular formula is C13H22N2. The third kappa shape index (κ3) is 4.93. The molecule has 84 valence electrons. The van der Waals surface area contributed by atoms with Crippen molar-refractivity contribution in [3.05, 3.63) is 30.1 Å². The molecule has 1 N–H and O–H groups in total. The smallest absolute Gasteiger partial charge is 0.0404 e. The highest BCUT2D eigenvalue weighted by Gasteiger charge is 2.05. The molecule has 2 nitrogen and oxygen atoms in total. The predicted molar refractivity (Wildman–Crippen MR) is 64.9 cm³/mol. The van der Waals surface area contributed by atoms with E-state index in [2.05, 4.69) is 36.4 Å². The fraction of sp³-hybridized carbons (Fsp3) is 0.615. The van der Waals surface area contributed by atoms with Gasteiger partial charge in [0.25, 0.3) is 0 Å². The van der Waals surface area contributed by atoms with Crippen molar-refractivity contribution in [1.29, 1.82) is 0 Å². The van der Waals surface area contributed by atoms with Gasteiger partial charge in [-0.25, -0.2) is 0 Å². The maximum atomic E-state index is 4.34. The quantitative estimate of drug-likeness (QED) is 0.742. The molecule has 0 amide bonds. The largest absolute Gasteiger partial charge is 0.317 e. The highest BCUT2D eigenvalue weighted by atomic mass is 14.9. The molecule has 0 fully saturated rings. The van der Waals surface area contributed by atoms with Crippen LogP contribution in [0, 0.1) is 0 Å². The van der Waals surface area contributed by atoms with Crippen LogP contribution >= 0.6 is 0 Å². The number of nitrogens with zero attached hydrogens (tertiary/aromatic N) is 1. The summed E-state index contributed by atoms with van der Waals surface area (Å²) in [5.41, 5.74) is 1.20. The summed E-state index contributed by atoms with van der Waals surface area (Å²) in [5.74, 6) is 0. The number of unbranched alkanes of at least 4 members (excludes halogenated alkanes) is 1. The molecule has 1 rings (SSSR count). The van der Waals surface area contributed by atoms with Crippen molar-refractivity contribution < 1.29 is 0 Å². The van der Waals surface area contributed by atoms with Crippen LogP contribution < -0.4 is 5.32 Å². The Kier molecular flexibility index (Phi) is 6.02. The van der Waals surface area contributed by atoms with Crippen LogP contribution in [0.1, 0.15) is 38.3 Å². The Morgan fingerprint density at radius 3 is 2.80 bits per heavy atom. The molecule has 0 aliphatic heterocycles. The molecule has 0 aliphatic rings. The first-order valence-corrected chi connectivity index (χ1v) is 5.94. The molecular weight excluding hydrogens is 184 g/mol. The summed E-state index contributed by atoms with van der Waals surface area (Å²) in [7, 11) is 2.05. The second-order valence-corrected chi connectivity index (χ2v) is 3.99.